The highest BCUT2D eigenvalue weighted by atomic mass is 16.1. The molecule has 0 aliphatic heterocycles. The summed E-state index contributed by atoms with van der Waals surface area (Å²) in [5, 5.41) is 14.7. The third-order valence-corrected chi connectivity index (χ3v) is 2.32. The Kier molecular flexibility index (Phi) is 5.76. The van der Waals surface area contributed by atoms with Crippen molar-refractivity contribution in [3.05, 3.63) is 35.4 Å². The average Bonchev–Trinajstić information content (AvgIpc) is 2.38. The van der Waals surface area contributed by atoms with Gasteiger partial charge in [0, 0.05) is 12.1 Å². The average molecular weight is 231 g/mol. The van der Waals surface area contributed by atoms with E-state index < -0.39 is 0 Å². The van der Waals surface area contributed by atoms with Crippen LogP contribution in [0, 0.1) is 11.3 Å². The van der Waals surface area contributed by atoms with E-state index in [9.17, 15) is 4.79 Å². The van der Waals surface area contributed by atoms with E-state index in [1.54, 1.807) is 24.3 Å². The Morgan fingerprint density at radius 1 is 1.41 bits per heavy atom. The number of hydrogen-bond acceptors (Lipinski definition) is 3. The molecule has 17 heavy (non-hydrogen) atoms. The van der Waals surface area contributed by atoms with E-state index in [0.29, 0.717) is 17.7 Å². The molecular weight excluding hydrogens is 214 g/mol. The maximum absolute atomic E-state index is 11.7. The summed E-state index contributed by atoms with van der Waals surface area (Å²) in [7, 11) is 0. The lowest BCUT2D eigenvalue weighted by atomic mass is 10.1. The quantitative estimate of drug-likeness (QED) is 0.725. The first-order chi connectivity index (χ1) is 8.27. The van der Waals surface area contributed by atoms with Crippen LogP contribution >= 0.6 is 0 Å². The van der Waals surface area contributed by atoms with Crippen molar-refractivity contribution in [3.8, 4) is 6.07 Å². The summed E-state index contributed by atoms with van der Waals surface area (Å²) >= 11 is 0. The lowest BCUT2D eigenvalue weighted by molar-refractivity contribution is 0.0953. The van der Waals surface area contributed by atoms with Crippen LogP contribution in [0.2, 0.25) is 0 Å². The lowest BCUT2D eigenvalue weighted by Crippen LogP contribution is -2.27. The Morgan fingerprint density at radius 3 is 2.94 bits per heavy atom. The van der Waals surface area contributed by atoms with Crippen molar-refractivity contribution in [2.24, 2.45) is 0 Å². The van der Waals surface area contributed by atoms with Gasteiger partial charge in [-0.3, -0.25) is 4.79 Å². The maximum Gasteiger partial charge on any atom is 0.251 e. The van der Waals surface area contributed by atoms with Gasteiger partial charge in [-0.1, -0.05) is 13.0 Å². The van der Waals surface area contributed by atoms with Crippen molar-refractivity contribution in [1.82, 2.24) is 10.6 Å². The summed E-state index contributed by atoms with van der Waals surface area (Å²) in [5.74, 6) is -0.126. The molecule has 4 heteroatoms. The topological polar surface area (TPSA) is 64.9 Å². The van der Waals surface area contributed by atoms with Gasteiger partial charge in [-0.15, -0.1) is 0 Å². The molecule has 1 rings (SSSR count). The largest absolute Gasteiger partial charge is 0.352 e. The van der Waals surface area contributed by atoms with Crippen molar-refractivity contribution >= 4 is 5.91 Å². The molecule has 0 saturated heterocycles. The number of amides is 1. The van der Waals surface area contributed by atoms with E-state index in [1.807, 2.05) is 13.0 Å². The molecule has 1 aromatic rings. The molecule has 0 aliphatic carbocycles. The number of hydrogen-bond donors (Lipinski definition) is 2. The molecule has 0 fully saturated rings. The van der Waals surface area contributed by atoms with Crippen LogP contribution in [0.25, 0.3) is 0 Å². The van der Waals surface area contributed by atoms with Crippen LogP contribution in [0.15, 0.2) is 24.3 Å². The molecule has 4 nitrogen and oxygen atoms in total. The SMILES string of the molecule is CCNCCCNC(=O)c1cccc(C#N)c1. The minimum absolute atomic E-state index is 0.126. The van der Waals surface area contributed by atoms with Gasteiger partial charge >= 0.3 is 0 Å². The van der Waals surface area contributed by atoms with Gasteiger partial charge in [0.2, 0.25) is 0 Å². The highest BCUT2D eigenvalue weighted by molar-refractivity contribution is 5.94. The maximum atomic E-state index is 11.7. The fourth-order valence-electron chi connectivity index (χ4n) is 1.42. The molecule has 0 spiro atoms. The monoisotopic (exact) mass is 231 g/mol. The third-order valence-electron chi connectivity index (χ3n) is 2.32. The third kappa shape index (κ3) is 4.66. The first-order valence-corrected chi connectivity index (χ1v) is 5.77. The van der Waals surface area contributed by atoms with Gasteiger partial charge in [0.05, 0.1) is 11.6 Å². The second kappa shape index (κ2) is 7.42. The fourth-order valence-corrected chi connectivity index (χ4v) is 1.42. The minimum Gasteiger partial charge on any atom is -0.352 e. The van der Waals surface area contributed by atoms with Gasteiger partial charge in [-0.2, -0.15) is 5.26 Å². The van der Waals surface area contributed by atoms with Gasteiger partial charge in [0.25, 0.3) is 5.91 Å². The standard InChI is InChI=1S/C13H17N3O/c1-2-15-7-4-8-16-13(17)12-6-3-5-11(9-12)10-14/h3,5-6,9,15H,2,4,7-8H2,1H3,(H,16,17). The highest BCUT2D eigenvalue weighted by Crippen LogP contribution is 2.03. The number of nitrogens with zero attached hydrogens (tertiary/aromatic N) is 1. The van der Waals surface area contributed by atoms with Gasteiger partial charge in [0.15, 0.2) is 0 Å². The molecule has 0 atom stereocenters. The second-order valence-electron chi connectivity index (χ2n) is 3.66. The Balaban J connectivity index is 2.39. The zero-order valence-electron chi connectivity index (χ0n) is 9.99. The molecule has 0 aromatic heterocycles. The second-order valence-corrected chi connectivity index (χ2v) is 3.66. The van der Waals surface area contributed by atoms with Crippen LogP contribution in [0.1, 0.15) is 29.3 Å². The number of carbonyl (C=O) groups is 1. The Morgan fingerprint density at radius 2 is 2.24 bits per heavy atom. The zero-order chi connectivity index (χ0) is 12.5. The summed E-state index contributed by atoms with van der Waals surface area (Å²) in [6.07, 6.45) is 0.900. The zero-order valence-corrected chi connectivity index (χ0v) is 9.99. The van der Waals surface area contributed by atoms with Crippen molar-refractivity contribution in [2.75, 3.05) is 19.6 Å². The Hall–Kier alpha value is -1.86. The van der Waals surface area contributed by atoms with E-state index in [-0.39, 0.29) is 5.91 Å². The van der Waals surface area contributed by atoms with Crippen molar-refractivity contribution in [2.45, 2.75) is 13.3 Å². The summed E-state index contributed by atoms with van der Waals surface area (Å²) in [6, 6.07) is 8.72. The van der Waals surface area contributed by atoms with E-state index in [2.05, 4.69) is 10.6 Å². The molecular formula is C13H17N3O. The van der Waals surface area contributed by atoms with Crippen molar-refractivity contribution in [1.29, 1.82) is 5.26 Å². The van der Waals surface area contributed by atoms with E-state index >= 15 is 0 Å². The molecule has 0 aliphatic rings. The first kappa shape index (κ1) is 13.2. The number of nitriles is 1. The fraction of sp³-hybridized carbons (Fsp3) is 0.385. The Bertz CT molecular complexity index is 409. The van der Waals surface area contributed by atoms with Gasteiger partial charge in [0.1, 0.15) is 0 Å². The molecule has 1 aromatic carbocycles. The summed E-state index contributed by atoms with van der Waals surface area (Å²) < 4.78 is 0. The minimum atomic E-state index is -0.126. The van der Waals surface area contributed by atoms with Gasteiger partial charge < -0.3 is 10.6 Å². The van der Waals surface area contributed by atoms with Crippen LogP contribution in [0.4, 0.5) is 0 Å². The molecule has 90 valence electrons. The van der Waals surface area contributed by atoms with Crippen LogP contribution in [-0.4, -0.2) is 25.5 Å². The van der Waals surface area contributed by atoms with E-state index in [0.717, 1.165) is 19.5 Å². The molecule has 1 amide bonds. The first-order valence-electron chi connectivity index (χ1n) is 5.77. The summed E-state index contributed by atoms with van der Waals surface area (Å²) in [4.78, 5) is 11.7. The predicted molar refractivity (Wildman–Crippen MR) is 66.7 cm³/mol. The summed E-state index contributed by atoms with van der Waals surface area (Å²) in [5.41, 5.74) is 1.04. The number of nitrogens with one attached hydrogen (secondary N) is 2. The van der Waals surface area contributed by atoms with E-state index in [1.165, 1.54) is 0 Å². The molecule has 0 bridgehead atoms. The molecule has 0 heterocycles. The number of rotatable bonds is 6. The smallest absolute Gasteiger partial charge is 0.251 e. The molecule has 2 N–H and O–H groups in total. The van der Waals surface area contributed by atoms with Crippen LogP contribution < -0.4 is 10.6 Å². The number of benzene rings is 1. The van der Waals surface area contributed by atoms with E-state index in [4.69, 9.17) is 5.26 Å². The number of carbonyl (C=O) groups excluding carboxylic acids is 1. The predicted octanol–water partition coefficient (Wildman–Crippen LogP) is 1.29. The van der Waals surface area contributed by atoms with Gasteiger partial charge in [-0.05, 0) is 37.7 Å². The summed E-state index contributed by atoms with van der Waals surface area (Å²) in [6.45, 7) is 4.53. The van der Waals surface area contributed by atoms with Gasteiger partial charge in [-0.25, -0.2) is 0 Å². The van der Waals surface area contributed by atoms with Crippen molar-refractivity contribution in [3.63, 3.8) is 0 Å². The highest BCUT2D eigenvalue weighted by Gasteiger charge is 2.04. The van der Waals surface area contributed by atoms with Crippen molar-refractivity contribution < 1.29 is 4.79 Å². The van der Waals surface area contributed by atoms with Crippen LogP contribution in [0.5, 0.6) is 0 Å². The van der Waals surface area contributed by atoms with Crippen LogP contribution in [0.3, 0.4) is 0 Å². The Labute approximate surface area is 102 Å². The van der Waals surface area contributed by atoms with Crippen LogP contribution in [-0.2, 0) is 0 Å². The lowest BCUT2D eigenvalue weighted by Gasteiger charge is -2.05. The molecule has 0 unspecified atom stereocenters. The molecule has 0 saturated carbocycles. The molecule has 0 radical (unpaired) electrons. The normalized spacial score (nSPS) is 9.65.